The Morgan fingerprint density at radius 2 is 1.89 bits per heavy atom. The number of nitrogens with one attached hydrogen (secondary N) is 1. The molecule has 0 aromatic heterocycles. The topological polar surface area (TPSA) is 18.5 Å². The zero-order chi connectivity index (χ0) is 13.2. The van der Waals surface area contributed by atoms with Crippen LogP contribution in [0.25, 0.3) is 0 Å². The number of nitrogens with zero attached hydrogens (tertiary/aromatic N) is 2. The van der Waals surface area contributed by atoms with E-state index in [1.54, 1.807) is 0 Å². The molecule has 3 nitrogen and oxygen atoms in total. The highest BCUT2D eigenvalue weighted by Crippen LogP contribution is 2.24. The first-order valence-corrected chi connectivity index (χ1v) is 7.75. The van der Waals surface area contributed by atoms with Crippen LogP contribution >= 0.6 is 0 Å². The monoisotopic (exact) mass is 253 g/mol. The molecule has 0 radical (unpaired) electrons. The second-order valence-corrected chi connectivity index (χ2v) is 6.79. The molecule has 18 heavy (non-hydrogen) atoms. The molecule has 0 spiro atoms. The van der Waals surface area contributed by atoms with Crippen molar-refractivity contribution in [3.05, 3.63) is 0 Å². The van der Waals surface area contributed by atoms with Crippen molar-refractivity contribution in [2.24, 2.45) is 0 Å². The highest BCUT2D eigenvalue weighted by atomic mass is 15.3. The third-order valence-corrected chi connectivity index (χ3v) is 4.91. The molecule has 3 heteroatoms. The third kappa shape index (κ3) is 3.46. The first-order chi connectivity index (χ1) is 8.52. The quantitative estimate of drug-likeness (QED) is 0.829. The van der Waals surface area contributed by atoms with E-state index >= 15 is 0 Å². The number of piperazine rings is 1. The lowest BCUT2D eigenvalue weighted by Crippen LogP contribution is -2.58. The fourth-order valence-corrected chi connectivity index (χ4v) is 3.45. The first-order valence-electron chi connectivity index (χ1n) is 7.75. The lowest BCUT2D eigenvalue weighted by atomic mass is 9.88. The average Bonchev–Trinajstić information content (AvgIpc) is 2.37. The van der Waals surface area contributed by atoms with Crippen LogP contribution in [0.5, 0.6) is 0 Å². The second-order valence-electron chi connectivity index (χ2n) is 6.79. The predicted molar refractivity (Wildman–Crippen MR) is 78.0 cm³/mol. The fraction of sp³-hybridized carbons (Fsp3) is 1.00. The SMILES string of the molecule is CCC(C)N1CCN(C2CCNC(C)(C)C2)CC1. The number of hydrogen-bond donors (Lipinski definition) is 1. The number of rotatable bonds is 3. The molecular weight excluding hydrogens is 222 g/mol. The van der Waals surface area contributed by atoms with E-state index in [1.807, 2.05) is 0 Å². The van der Waals surface area contributed by atoms with Crippen LogP contribution < -0.4 is 5.32 Å². The van der Waals surface area contributed by atoms with Gasteiger partial charge in [0, 0.05) is 43.8 Å². The molecule has 2 rings (SSSR count). The maximum absolute atomic E-state index is 3.63. The summed E-state index contributed by atoms with van der Waals surface area (Å²) in [6, 6.07) is 1.57. The summed E-state index contributed by atoms with van der Waals surface area (Å²) in [6.07, 6.45) is 3.91. The molecule has 2 atom stereocenters. The molecule has 0 aliphatic carbocycles. The van der Waals surface area contributed by atoms with Gasteiger partial charge in [0.1, 0.15) is 0 Å². The van der Waals surface area contributed by atoms with Crippen LogP contribution in [0.4, 0.5) is 0 Å². The van der Waals surface area contributed by atoms with Crippen LogP contribution in [-0.4, -0.2) is 60.1 Å². The Bertz CT molecular complexity index is 256. The normalized spacial score (nSPS) is 32.3. The van der Waals surface area contributed by atoms with Crippen LogP contribution in [0.15, 0.2) is 0 Å². The third-order valence-electron chi connectivity index (χ3n) is 4.91. The van der Waals surface area contributed by atoms with Crippen molar-refractivity contribution in [2.45, 2.75) is 64.6 Å². The van der Waals surface area contributed by atoms with Crippen LogP contribution in [0, 0.1) is 0 Å². The minimum atomic E-state index is 0.330. The molecule has 106 valence electrons. The van der Waals surface area contributed by atoms with Crippen LogP contribution in [-0.2, 0) is 0 Å². The van der Waals surface area contributed by atoms with E-state index in [4.69, 9.17) is 0 Å². The summed E-state index contributed by atoms with van der Waals surface area (Å²) in [5.74, 6) is 0. The number of hydrogen-bond acceptors (Lipinski definition) is 3. The summed E-state index contributed by atoms with van der Waals surface area (Å²) >= 11 is 0. The molecule has 0 bridgehead atoms. The Morgan fingerprint density at radius 1 is 1.22 bits per heavy atom. The lowest BCUT2D eigenvalue weighted by Gasteiger charge is -2.46. The van der Waals surface area contributed by atoms with Gasteiger partial charge in [-0.3, -0.25) is 9.80 Å². The summed E-state index contributed by atoms with van der Waals surface area (Å²) in [5.41, 5.74) is 0.330. The second kappa shape index (κ2) is 5.89. The van der Waals surface area contributed by atoms with Gasteiger partial charge in [-0.1, -0.05) is 6.92 Å². The van der Waals surface area contributed by atoms with Gasteiger partial charge < -0.3 is 5.32 Å². The highest BCUT2D eigenvalue weighted by molar-refractivity contribution is 4.92. The Balaban J connectivity index is 1.82. The maximum Gasteiger partial charge on any atom is 0.0140 e. The van der Waals surface area contributed by atoms with Gasteiger partial charge in [-0.25, -0.2) is 0 Å². The molecule has 2 saturated heterocycles. The highest BCUT2D eigenvalue weighted by Gasteiger charge is 2.32. The molecule has 2 aliphatic rings. The Hall–Kier alpha value is -0.120. The van der Waals surface area contributed by atoms with Gasteiger partial charge in [0.05, 0.1) is 0 Å². The predicted octanol–water partition coefficient (Wildman–Crippen LogP) is 1.93. The molecule has 2 heterocycles. The van der Waals surface area contributed by atoms with E-state index in [2.05, 4.69) is 42.8 Å². The standard InChI is InChI=1S/C15H31N3/c1-5-13(2)17-8-10-18(11-9-17)14-6-7-16-15(3,4)12-14/h13-14,16H,5-12H2,1-4H3. The molecule has 2 unspecified atom stereocenters. The van der Waals surface area contributed by atoms with Crippen molar-refractivity contribution in [2.75, 3.05) is 32.7 Å². The Labute approximate surface area is 113 Å². The average molecular weight is 253 g/mol. The van der Waals surface area contributed by atoms with Crippen molar-refractivity contribution >= 4 is 0 Å². The van der Waals surface area contributed by atoms with E-state index in [9.17, 15) is 0 Å². The fourth-order valence-electron chi connectivity index (χ4n) is 3.45. The van der Waals surface area contributed by atoms with E-state index < -0.39 is 0 Å². The van der Waals surface area contributed by atoms with Gasteiger partial charge >= 0.3 is 0 Å². The maximum atomic E-state index is 3.63. The molecule has 2 aliphatic heterocycles. The first kappa shape index (κ1) is 14.3. The van der Waals surface area contributed by atoms with Crippen molar-refractivity contribution < 1.29 is 0 Å². The van der Waals surface area contributed by atoms with Crippen molar-refractivity contribution in [3.63, 3.8) is 0 Å². The largest absolute Gasteiger partial charge is 0.312 e. The minimum Gasteiger partial charge on any atom is -0.312 e. The smallest absolute Gasteiger partial charge is 0.0140 e. The van der Waals surface area contributed by atoms with Gasteiger partial charge in [-0.05, 0) is 46.6 Å². The summed E-state index contributed by atoms with van der Waals surface area (Å²) in [6.45, 7) is 15.6. The van der Waals surface area contributed by atoms with Gasteiger partial charge in [0.15, 0.2) is 0 Å². The van der Waals surface area contributed by atoms with E-state index in [0.29, 0.717) is 5.54 Å². The van der Waals surface area contributed by atoms with Gasteiger partial charge in [0.25, 0.3) is 0 Å². The van der Waals surface area contributed by atoms with Crippen molar-refractivity contribution in [1.29, 1.82) is 0 Å². The molecule has 0 aromatic carbocycles. The summed E-state index contributed by atoms with van der Waals surface area (Å²) in [4.78, 5) is 5.39. The van der Waals surface area contributed by atoms with E-state index in [1.165, 1.54) is 52.0 Å². The minimum absolute atomic E-state index is 0.330. The van der Waals surface area contributed by atoms with Crippen LogP contribution in [0.3, 0.4) is 0 Å². The van der Waals surface area contributed by atoms with Gasteiger partial charge in [-0.15, -0.1) is 0 Å². The summed E-state index contributed by atoms with van der Waals surface area (Å²) in [7, 11) is 0. The molecule has 0 saturated carbocycles. The molecule has 0 aromatic rings. The molecule has 1 N–H and O–H groups in total. The van der Waals surface area contributed by atoms with E-state index in [-0.39, 0.29) is 0 Å². The zero-order valence-electron chi connectivity index (χ0n) is 12.7. The van der Waals surface area contributed by atoms with Crippen molar-refractivity contribution in [1.82, 2.24) is 15.1 Å². The molecule has 2 fully saturated rings. The summed E-state index contributed by atoms with van der Waals surface area (Å²) in [5, 5.41) is 3.63. The Kier molecular flexibility index (Phi) is 4.68. The zero-order valence-corrected chi connectivity index (χ0v) is 12.7. The molecular formula is C15H31N3. The van der Waals surface area contributed by atoms with Crippen molar-refractivity contribution in [3.8, 4) is 0 Å². The van der Waals surface area contributed by atoms with Crippen LogP contribution in [0.1, 0.15) is 47.0 Å². The van der Waals surface area contributed by atoms with Crippen LogP contribution in [0.2, 0.25) is 0 Å². The van der Waals surface area contributed by atoms with Gasteiger partial charge in [0.2, 0.25) is 0 Å². The number of piperidine rings is 1. The molecule has 0 amide bonds. The Morgan fingerprint density at radius 3 is 2.44 bits per heavy atom. The van der Waals surface area contributed by atoms with Gasteiger partial charge in [-0.2, -0.15) is 0 Å². The lowest BCUT2D eigenvalue weighted by molar-refractivity contribution is 0.0470. The van der Waals surface area contributed by atoms with E-state index in [0.717, 1.165) is 12.1 Å². The summed E-state index contributed by atoms with van der Waals surface area (Å²) < 4.78 is 0.